The second-order valence-corrected chi connectivity index (χ2v) is 5.49. The molecule has 1 unspecified atom stereocenters. The van der Waals surface area contributed by atoms with E-state index < -0.39 is 5.91 Å². The van der Waals surface area contributed by atoms with Gasteiger partial charge in [-0.3, -0.25) is 14.8 Å². The third kappa shape index (κ3) is 3.95. The third-order valence-electron chi connectivity index (χ3n) is 4.03. The topological polar surface area (TPSA) is 69.6 Å². The largest absolute Gasteiger partial charge is 0.332 e. The molecule has 5 heteroatoms. The highest BCUT2D eigenvalue weighted by Crippen LogP contribution is 2.26. The number of nitrogens with zero attached hydrogens (tertiary/aromatic N) is 1. The lowest BCUT2D eigenvalue weighted by molar-refractivity contribution is -0.130. The van der Waals surface area contributed by atoms with Crippen molar-refractivity contribution in [3.05, 3.63) is 47.5 Å². The molecule has 1 aliphatic rings. The van der Waals surface area contributed by atoms with Crippen LogP contribution in [0.3, 0.4) is 0 Å². The molecule has 1 atom stereocenters. The highest BCUT2D eigenvalue weighted by Gasteiger charge is 2.25. The molecular weight excluding hydrogens is 280 g/mol. The molecule has 1 heterocycles. The van der Waals surface area contributed by atoms with Gasteiger partial charge in [-0.1, -0.05) is 36.4 Å². The molecule has 118 valence electrons. The third-order valence-corrected chi connectivity index (χ3v) is 4.03. The zero-order valence-electron chi connectivity index (χ0n) is 12.8. The SMILES string of the molecule is CC(c1ccccc1)N1CCCC=C(CCC(=O)NO)C1=O. The fraction of sp³-hybridized carbons (Fsp3) is 0.412. The lowest BCUT2D eigenvalue weighted by Gasteiger charge is -2.29. The Kier molecular flexibility index (Phi) is 5.72. The number of hydrogen-bond acceptors (Lipinski definition) is 3. The molecule has 2 amide bonds. The first-order chi connectivity index (χ1) is 10.6. The van der Waals surface area contributed by atoms with E-state index in [9.17, 15) is 9.59 Å². The van der Waals surface area contributed by atoms with Crippen molar-refractivity contribution in [2.24, 2.45) is 0 Å². The molecule has 0 radical (unpaired) electrons. The molecule has 1 aromatic carbocycles. The Morgan fingerprint density at radius 3 is 2.77 bits per heavy atom. The van der Waals surface area contributed by atoms with Crippen LogP contribution in [0.2, 0.25) is 0 Å². The molecule has 5 nitrogen and oxygen atoms in total. The maximum absolute atomic E-state index is 12.7. The molecule has 2 N–H and O–H groups in total. The lowest BCUT2D eigenvalue weighted by atomic mass is 10.0. The first-order valence-electron chi connectivity index (χ1n) is 7.61. The first-order valence-corrected chi connectivity index (χ1v) is 7.61. The van der Waals surface area contributed by atoms with E-state index in [-0.39, 0.29) is 18.4 Å². The molecule has 1 aromatic rings. The number of allylic oxidation sites excluding steroid dienone is 1. The van der Waals surface area contributed by atoms with Crippen molar-refractivity contribution in [2.75, 3.05) is 6.54 Å². The van der Waals surface area contributed by atoms with Gasteiger partial charge in [0.1, 0.15) is 0 Å². The molecule has 0 aromatic heterocycles. The predicted molar refractivity (Wildman–Crippen MR) is 83.1 cm³/mol. The Bertz CT molecular complexity index is 554. The summed E-state index contributed by atoms with van der Waals surface area (Å²) in [5.41, 5.74) is 3.36. The van der Waals surface area contributed by atoms with Gasteiger partial charge >= 0.3 is 0 Å². The van der Waals surface area contributed by atoms with E-state index in [0.29, 0.717) is 18.5 Å². The molecule has 0 aliphatic carbocycles. The van der Waals surface area contributed by atoms with Crippen molar-refractivity contribution >= 4 is 11.8 Å². The number of hydroxylamine groups is 1. The van der Waals surface area contributed by atoms with Crippen LogP contribution < -0.4 is 5.48 Å². The monoisotopic (exact) mass is 302 g/mol. The Hall–Kier alpha value is -2.14. The van der Waals surface area contributed by atoms with Crippen molar-refractivity contribution in [3.8, 4) is 0 Å². The highest BCUT2D eigenvalue weighted by molar-refractivity contribution is 5.94. The first kappa shape index (κ1) is 16.2. The zero-order valence-corrected chi connectivity index (χ0v) is 12.8. The van der Waals surface area contributed by atoms with Gasteiger partial charge in [0.15, 0.2) is 0 Å². The summed E-state index contributed by atoms with van der Waals surface area (Å²) in [6.07, 6.45) is 4.13. The van der Waals surface area contributed by atoms with Crippen LogP contribution in [0.1, 0.15) is 44.2 Å². The summed E-state index contributed by atoms with van der Waals surface area (Å²) in [5.74, 6) is -0.486. The number of benzene rings is 1. The molecule has 0 spiro atoms. The number of hydrogen-bond donors (Lipinski definition) is 2. The number of nitrogens with one attached hydrogen (secondary N) is 1. The van der Waals surface area contributed by atoms with Crippen molar-refractivity contribution in [1.29, 1.82) is 0 Å². The van der Waals surface area contributed by atoms with Crippen LogP contribution in [-0.2, 0) is 9.59 Å². The Morgan fingerprint density at radius 1 is 1.36 bits per heavy atom. The minimum atomic E-state index is -0.472. The van der Waals surface area contributed by atoms with Crippen LogP contribution in [0.15, 0.2) is 42.0 Å². The minimum Gasteiger partial charge on any atom is -0.332 e. The van der Waals surface area contributed by atoms with E-state index in [0.717, 1.165) is 18.4 Å². The van der Waals surface area contributed by atoms with Gasteiger partial charge in [0, 0.05) is 18.5 Å². The van der Waals surface area contributed by atoms with E-state index in [1.165, 1.54) is 0 Å². The van der Waals surface area contributed by atoms with Gasteiger partial charge < -0.3 is 4.90 Å². The average Bonchev–Trinajstić information content (AvgIpc) is 2.74. The second-order valence-electron chi connectivity index (χ2n) is 5.49. The van der Waals surface area contributed by atoms with Crippen LogP contribution >= 0.6 is 0 Å². The van der Waals surface area contributed by atoms with Crippen LogP contribution in [0.5, 0.6) is 0 Å². The molecule has 0 fully saturated rings. The smallest absolute Gasteiger partial charge is 0.249 e. The summed E-state index contributed by atoms with van der Waals surface area (Å²) in [4.78, 5) is 25.8. The standard InChI is InChI=1S/C17H22N2O3/c1-13(14-7-3-2-4-8-14)19-12-6-5-9-15(17(19)21)10-11-16(20)18-22/h2-4,7-9,13,22H,5-6,10-12H2,1H3,(H,18,20). The fourth-order valence-electron chi connectivity index (χ4n) is 2.71. The van der Waals surface area contributed by atoms with E-state index in [2.05, 4.69) is 0 Å². The number of carbonyl (C=O) groups excluding carboxylic acids is 2. The Balaban J connectivity index is 2.10. The molecule has 0 saturated carbocycles. The van der Waals surface area contributed by atoms with E-state index >= 15 is 0 Å². The Morgan fingerprint density at radius 2 is 2.09 bits per heavy atom. The molecule has 0 saturated heterocycles. The van der Waals surface area contributed by atoms with Crippen LogP contribution in [0.25, 0.3) is 0 Å². The lowest BCUT2D eigenvalue weighted by Crippen LogP contribution is -2.34. The second kappa shape index (κ2) is 7.75. The Labute approximate surface area is 130 Å². The van der Waals surface area contributed by atoms with E-state index in [1.807, 2.05) is 48.2 Å². The highest BCUT2D eigenvalue weighted by atomic mass is 16.5. The maximum Gasteiger partial charge on any atom is 0.249 e. The van der Waals surface area contributed by atoms with E-state index in [1.54, 1.807) is 5.48 Å². The number of amides is 2. The quantitative estimate of drug-likeness (QED) is 0.649. The van der Waals surface area contributed by atoms with Gasteiger partial charge in [0.25, 0.3) is 0 Å². The summed E-state index contributed by atoms with van der Waals surface area (Å²) in [5, 5.41) is 8.56. The van der Waals surface area contributed by atoms with Gasteiger partial charge in [-0.25, -0.2) is 5.48 Å². The summed E-state index contributed by atoms with van der Waals surface area (Å²) >= 11 is 0. The van der Waals surface area contributed by atoms with Crippen molar-refractivity contribution in [2.45, 2.75) is 38.6 Å². The summed E-state index contributed by atoms with van der Waals surface area (Å²) in [6, 6.07) is 9.94. The molecule has 0 bridgehead atoms. The molecular formula is C17H22N2O3. The molecule has 2 rings (SSSR count). The van der Waals surface area contributed by atoms with Gasteiger partial charge in [0.2, 0.25) is 11.8 Å². The summed E-state index contributed by atoms with van der Waals surface area (Å²) < 4.78 is 0. The van der Waals surface area contributed by atoms with Crippen LogP contribution in [-0.4, -0.2) is 28.5 Å². The molecule has 1 aliphatic heterocycles. The van der Waals surface area contributed by atoms with Gasteiger partial charge in [-0.2, -0.15) is 0 Å². The zero-order chi connectivity index (χ0) is 15.9. The van der Waals surface area contributed by atoms with Crippen molar-refractivity contribution in [3.63, 3.8) is 0 Å². The van der Waals surface area contributed by atoms with Crippen molar-refractivity contribution < 1.29 is 14.8 Å². The summed E-state index contributed by atoms with van der Waals surface area (Å²) in [7, 11) is 0. The fourth-order valence-corrected chi connectivity index (χ4v) is 2.71. The molecule has 22 heavy (non-hydrogen) atoms. The minimum absolute atomic E-state index is 0.00173. The van der Waals surface area contributed by atoms with Gasteiger partial charge in [-0.15, -0.1) is 0 Å². The van der Waals surface area contributed by atoms with Crippen molar-refractivity contribution in [1.82, 2.24) is 10.4 Å². The number of rotatable bonds is 5. The van der Waals surface area contributed by atoms with E-state index in [4.69, 9.17) is 5.21 Å². The van der Waals surface area contributed by atoms with Crippen LogP contribution in [0.4, 0.5) is 0 Å². The number of carbonyl (C=O) groups is 2. The van der Waals surface area contributed by atoms with Gasteiger partial charge in [0.05, 0.1) is 6.04 Å². The predicted octanol–water partition coefficient (Wildman–Crippen LogP) is 2.58. The normalized spacial score (nSPS) is 16.7. The van der Waals surface area contributed by atoms with Crippen LogP contribution in [0, 0.1) is 0 Å². The average molecular weight is 302 g/mol. The van der Waals surface area contributed by atoms with Gasteiger partial charge in [-0.05, 0) is 31.7 Å². The summed E-state index contributed by atoms with van der Waals surface area (Å²) in [6.45, 7) is 2.73. The maximum atomic E-state index is 12.7.